The lowest BCUT2D eigenvalue weighted by molar-refractivity contribution is -0.119. The second kappa shape index (κ2) is 6.98. The molecule has 1 heterocycles. The zero-order valence-corrected chi connectivity index (χ0v) is 12.4. The van der Waals surface area contributed by atoms with E-state index in [1.165, 1.54) is 11.3 Å². The average molecular weight is 340 g/mol. The number of thiophene rings is 1. The van der Waals surface area contributed by atoms with Crippen LogP contribution in [0, 0.1) is 0 Å². The van der Waals surface area contributed by atoms with Crippen molar-refractivity contribution in [3.8, 4) is 0 Å². The highest BCUT2D eigenvalue weighted by atomic mass is 79.9. The molecule has 1 aromatic rings. The van der Waals surface area contributed by atoms with Crippen molar-refractivity contribution in [2.45, 2.75) is 6.42 Å². The van der Waals surface area contributed by atoms with Crippen LogP contribution in [0.15, 0.2) is 15.9 Å². The highest BCUT2D eigenvalue weighted by Gasteiger charge is 2.12. The first kappa shape index (κ1) is 14.5. The maximum atomic E-state index is 11.8. The van der Waals surface area contributed by atoms with Crippen molar-refractivity contribution in [3.63, 3.8) is 0 Å². The van der Waals surface area contributed by atoms with E-state index in [0.717, 1.165) is 8.79 Å². The van der Waals surface area contributed by atoms with E-state index in [2.05, 4.69) is 21.2 Å². The molecule has 0 aliphatic heterocycles. The number of hydrogen-bond donors (Lipinski definition) is 1. The number of carbonyl (C=O) groups is 2. The number of carbonyl (C=O) groups excluding carboxylic acids is 2. The molecule has 2 amide bonds. The Bertz CT molecular complexity index is 411. The molecule has 1 aromatic heterocycles. The van der Waals surface area contributed by atoms with Crippen LogP contribution in [0.4, 0.5) is 5.00 Å². The van der Waals surface area contributed by atoms with Crippen molar-refractivity contribution < 1.29 is 9.59 Å². The molecule has 17 heavy (non-hydrogen) atoms. The molecule has 0 bridgehead atoms. The van der Waals surface area contributed by atoms with Crippen LogP contribution >= 0.6 is 38.9 Å². The molecule has 0 aliphatic rings. The lowest BCUT2D eigenvalue weighted by Gasteiger charge is -2.14. The SMILES string of the molecule is CN(C(=O)CCNC(=O)CCl)c1ccc(Br)s1. The number of halogens is 2. The van der Waals surface area contributed by atoms with E-state index in [0.29, 0.717) is 6.54 Å². The topological polar surface area (TPSA) is 49.4 Å². The summed E-state index contributed by atoms with van der Waals surface area (Å²) in [5, 5.41) is 3.42. The van der Waals surface area contributed by atoms with Gasteiger partial charge < -0.3 is 10.2 Å². The Morgan fingerprint density at radius 1 is 1.53 bits per heavy atom. The van der Waals surface area contributed by atoms with Gasteiger partial charge in [0, 0.05) is 20.0 Å². The summed E-state index contributed by atoms with van der Waals surface area (Å²) in [6.07, 6.45) is 0.259. The summed E-state index contributed by atoms with van der Waals surface area (Å²) >= 11 is 10.1. The molecule has 0 spiro atoms. The van der Waals surface area contributed by atoms with Crippen LogP contribution in [0.1, 0.15) is 6.42 Å². The number of hydrogen-bond acceptors (Lipinski definition) is 3. The third-order valence-corrected chi connectivity index (χ3v) is 3.99. The lowest BCUT2D eigenvalue weighted by atomic mass is 10.3. The predicted molar refractivity (Wildman–Crippen MR) is 73.8 cm³/mol. The van der Waals surface area contributed by atoms with Crippen LogP contribution < -0.4 is 10.2 Å². The van der Waals surface area contributed by atoms with Crippen LogP contribution in [0.3, 0.4) is 0 Å². The summed E-state index contributed by atoms with van der Waals surface area (Å²) in [4.78, 5) is 24.2. The number of anilines is 1. The summed E-state index contributed by atoms with van der Waals surface area (Å²) in [5.74, 6) is -0.391. The van der Waals surface area contributed by atoms with Gasteiger partial charge in [-0.05, 0) is 28.1 Å². The van der Waals surface area contributed by atoms with Gasteiger partial charge in [-0.2, -0.15) is 0 Å². The summed E-state index contributed by atoms with van der Waals surface area (Å²) in [6.45, 7) is 0.307. The molecule has 0 saturated carbocycles. The molecule has 1 rings (SSSR count). The Balaban J connectivity index is 2.40. The average Bonchev–Trinajstić information content (AvgIpc) is 2.74. The molecule has 4 nitrogen and oxygen atoms in total. The fraction of sp³-hybridized carbons (Fsp3) is 0.400. The molecule has 0 unspecified atom stereocenters. The standard InChI is InChI=1S/C10H12BrClN2O2S/c1-14(10-3-2-7(11)17-10)9(16)4-5-13-8(15)6-12/h2-3H,4-6H2,1H3,(H,13,15). The normalized spacial score (nSPS) is 10.1. The monoisotopic (exact) mass is 338 g/mol. The minimum atomic E-state index is -0.263. The van der Waals surface area contributed by atoms with Crippen molar-refractivity contribution in [3.05, 3.63) is 15.9 Å². The Labute approximate surface area is 117 Å². The molecular weight excluding hydrogens is 328 g/mol. The Morgan fingerprint density at radius 2 is 2.24 bits per heavy atom. The second-order valence-electron chi connectivity index (χ2n) is 3.26. The summed E-state index contributed by atoms with van der Waals surface area (Å²) < 4.78 is 0.975. The third kappa shape index (κ3) is 4.65. The van der Waals surface area contributed by atoms with Crippen molar-refractivity contribution in [1.29, 1.82) is 0 Å². The van der Waals surface area contributed by atoms with Gasteiger partial charge in [-0.3, -0.25) is 9.59 Å². The molecule has 94 valence electrons. The molecule has 0 radical (unpaired) electrons. The minimum Gasteiger partial charge on any atom is -0.355 e. The predicted octanol–water partition coefficient (Wildman–Crippen LogP) is 2.22. The van der Waals surface area contributed by atoms with Crippen molar-refractivity contribution in [1.82, 2.24) is 5.32 Å². The van der Waals surface area contributed by atoms with Gasteiger partial charge in [-0.1, -0.05) is 0 Å². The van der Waals surface area contributed by atoms with Gasteiger partial charge in [-0.25, -0.2) is 0 Å². The van der Waals surface area contributed by atoms with Crippen molar-refractivity contribution in [2.24, 2.45) is 0 Å². The highest BCUT2D eigenvalue weighted by molar-refractivity contribution is 9.11. The lowest BCUT2D eigenvalue weighted by Crippen LogP contribution is -2.32. The summed E-state index contributed by atoms with van der Waals surface area (Å²) in [7, 11) is 1.71. The Hall–Kier alpha value is -0.590. The fourth-order valence-electron chi connectivity index (χ4n) is 1.13. The third-order valence-electron chi connectivity index (χ3n) is 2.05. The highest BCUT2D eigenvalue weighted by Crippen LogP contribution is 2.29. The van der Waals surface area contributed by atoms with E-state index < -0.39 is 0 Å². The van der Waals surface area contributed by atoms with Gasteiger partial charge in [-0.15, -0.1) is 22.9 Å². The zero-order valence-electron chi connectivity index (χ0n) is 9.20. The first-order chi connectivity index (χ1) is 8.04. The number of nitrogens with one attached hydrogen (secondary N) is 1. The van der Waals surface area contributed by atoms with Crippen molar-refractivity contribution in [2.75, 3.05) is 24.4 Å². The van der Waals surface area contributed by atoms with Crippen LogP contribution in [0.5, 0.6) is 0 Å². The Kier molecular flexibility index (Phi) is 5.94. The van der Waals surface area contributed by atoms with E-state index in [9.17, 15) is 9.59 Å². The van der Waals surface area contributed by atoms with Gasteiger partial charge in [0.2, 0.25) is 11.8 Å². The van der Waals surface area contributed by atoms with Crippen molar-refractivity contribution >= 4 is 55.7 Å². The molecule has 7 heteroatoms. The smallest absolute Gasteiger partial charge is 0.234 e. The minimum absolute atomic E-state index is 0.0470. The largest absolute Gasteiger partial charge is 0.355 e. The first-order valence-electron chi connectivity index (χ1n) is 4.89. The van der Waals surface area contributed by atoms with Gasteiger partial charge >= 0.3 is 0 Å². The maximum Gasteiger partial charge on any atom is 0.234 e. The Morgan fingerprint density at radius 3 is 2.76 bits per heavy atom. The number of alkyl halides is 1. The van der Waals surface area contributed by atoms with Crippen LogP contribution in [-0.2, 0) is 9.59 Å². The van der Waals surface area contributed by atoms with Gasteiger partial charge in [0.25, 0.3) is 0 Å². The van der Waals surface area contributed by atoms with Gasteiger partial charge in [0.15, 0.2) is 0 Å². The molecule has 1 N–H and O–H groups in total. The second-order valence-corrected chi connectivity index (χ2v) is 5.97. The summed E-state index contributed by atoms with van der Waals surface area (Å²) in [5.41, 5.74) is 0. The van der Waals surface area contributed by atoms with Gasteiger partial charge in [0.05, 0.1) is 8.79 Å². The van der Waals surface area contributed by atoms with E-state index in [1.807, 2.05) is 12.1 Å². The summed E-state index contributed by atoms with van der Waals surface area (Å²) in [6, 6.07) is 3.75. The number of rotatable bonds is 5. The van der Waals surface area contributed by atoms with E-state index in [4.69, 9.17) is 11.6 Å². The number of nitrogens with zero attached hydrogens (tertiary/aromatic N) is 1. The molecule has 0 fully saturated rings. The maximum absolute atomic E-state index is 11.8. The van der Waals surface area contributed by atoms with Crippen LogP contribution in [0.2, 0.25) is 0 Å². The molecular formula is C10H12BrClN2O2S. The molecule has 0 saturated heterocycles. The number of amides is 2. The molecule has 0 atom stereocenters. The molecule has 0 aliphatic carbocycles. The molecule has 0 aromatic carbocycles. The van der Waals surface area contributed by atoms with Crippen LogP contribution in [-0.4, -0.2) is 31.3 Å². The van der Waals surface area contributed by atoms with Crippen LogP contribution in [0.25, 0.3) is 0 Å². The van der Waals surface area contributed by atoms with Gasteiger partial charge in [0.1, 0.15) is 5.88 Å². The quantitative estimate of drug-likeness (QED) is 0.836. The zero-order chi connectivity index (χ0) is 12.8. The van der Waals surface area contributed by atoms with E-state index in [-0.39, 0.29) is 24.1 Å². The first-order valence-corrected chi connectivity index (χ1v) is 7.03. The van der Waals surface area contributed by atoms with E-state index >= 15 is 0 Å². The fourth-order valence-corrected chi connectivity index (χ4v) is 2.57. The van der Waals surface area contributed by atoms with E-state index in [1.54, 1.807) is 11.9 Å².